The van der Waals surface area contributed by atoms with E-state index >= 15 is 0 Å². The summed E-state index contributed by atoms with van der Waals surface area (Å²) in [6, 6.07) is 8.97. The van der Waals surface area contributed by atoms with Gasteiger partial charge in [0.15, 0.2) is 0 Å². The van der Waals surface area contributed by atoms with Gasteiger partial charge in [-0.3, -0.25) is 4.79 Å². The van der Waals surface area contributed by atoms with E-state index in [0.717, 1.165) is 18.6 Å². The molecule has 0 spiro atoms. The second kappa shape index (κ2) is 5.54. The Morgan fingerprint density at radius 1 is 1.50 bits per heavy atom. The molecule has 1 fully saturated rings. The molecule has 1 atom stereocenters. The number of carbonyl (C=O) groups is 1. The zero-order valence-corrected chi connectivity index (χ0v) is 10.4. The van der Waals surface area contributed by atoms with Gasteiger partial charge in [0.1, 0.15) is 11.8 Å². The summed E-state index contributed by atoms with van der Waals surface area (Å²) >= 11 is 0. The van der Waals surface area contributed by atoms with Crippen LogP contribution < -0.4 is 4.74 Å². The van der Waals surface area contributed by atoms with Gasteiger partial charge in [0.25, 0.3) is 5.91 Å². The van der Waals surface area contributed by atoms with Crippen molar-refractivity contribution in [1.82, 2.24) is 4.90 Å². The largest absolute Gasteiger partial charge is 0.494 e. The molecule has 2 rings (SSSR count). The fraction of sp³-hybridized carbons (Fsp3) is 0.429. The molecule has 0 radical (unpaired) electrons. The molecule has 0 bridgehead atoms. The van der Waals surface area contributed by atoms with E-state index in [1.807, 2.05) is 6.92 Å². The number of likely N-dealkylation sites (tertiary alicyclic amines) is 1. The standard InChI is InChI=1S/C14H16N2O2/c1-2-18-13-7-5-11(6-8-13)14(17)16-9-3-4-12(16)10-15/h5-8,12H,2-4,9H2,1H3. The Morgan fingerprint density at radius 2 is 2.22 bits per heavy atom. The second-order valence-corrected chi connectivity index (χ2v) is 4.24. The number of rotatable bonds is 3. The van der Waals surface area contributed by atoms with Gasteiger partial charge in [-0.15, -0.1) is 0 Å². The van der Waals surface area contributed by atoms with E-state index in [1.165, 1.54) is 0 Å². The number of ether oxygens (including phenoxy) is 1. The predicted octanol–water partition coefficient (Wildman–Crippen LogP) is 2.21. The Balaban J connectivity index is 2.11. The zero-order valence-electron chi connectivity index (χ0n) is 10.4. The van der Waals surface area contributed by atoms with Crippen LogP contribution in [-0.4, -0.2) is 30.0 Å². The minimum Gasteiger partial charge on any atom is -0.494 e. The smallest absolute Gasteiger partial charge is 0.254 e. The molecule has 1 amide bonds. The van der Waals surface area contributed by atoms with Crippen LogP contribution in [0.4, 0.5) is 0 Å². The number of hydrogen-bond donors (Lipinski definition) is 0. The maximum Gasteiger partial charge on any atom is 0.254 e. The van der Waals surface area contributed by atoms with Crippen LogP contribution in [0, 0.1) is 11.3 Å². The summed E-state index contributed by atoms with van der Waals surface area (Å²) in [5, 5.41) is 8.98. The van der Waals surface area contributed by atoms with Crippen molar-refractivity contribution in [3.63, 3.8) is 0 Å². The van der Waals surface area contributed by atoms with Crippen molar-refractivity contribution in [2.45, 2.75) is 25.8 Å². The first-order valence-corrected chi connectivity index (χ1v) is 6.19. The molecule has 1 saturated heterocycles. The van der Waals surface area contributed by atoms with Gasteiger partial charge in [0.2, 0.25) is 0 Å². The lowest BCUT2D eigenvalue weighted by atomic mass is 10.1. The molecule has 94 valence electrons. The van der Waals surface area contributed by atoms with Crippen LogP contribution in [0.2, 0.25) is 0 Å². The van der Waals surface area contributed by atoms with Crippen molar-refractivity contribution in [2.75, 3.05) is 13.2 Å². The third kappa shape index (κ3) is 2.45. The summed E-state index contributed by atoms with van der Waals surface area (Å²) in [5.41, 5.74) is 0.612. The van der Waals surface area contributed by atoms with Crippen molar-refractivity contribution in [1.29, 1.82) is 5.26 Å². The summed E-state index contributed by atoms with van der Waals surface area (Å²) in [6.07, 6.45) is 1.68. The lowest BCUT2D eigenvalue weighted by Crippen LogP contribution is -2.34. The maximum atomic E-state index is 12.2. The van der Waals surface area contributed by atoms with E-state index in [-0.39, 0.29) is 11.9 Å². The van der Waals surface area contributed by atoms with Crippen LogP contribution in [0.1, 0.15) is 30.1 Å². The number of nitriles is 1. The van der Waals surface area contributed by atoms with Crippen LogP contribution in [0.3, 0.4) is 0 Å². The third-order valence-corrected chi connectivity index (χ3v) is 3.07. The number of carbonyl (C=O) groups excluding carboxylic acids is 1. The van der Waals surface area contributed by atoms with Crippen LogP contribution in [0.5, 0.6) is 5.75 Å². The molecule has 0 aromatic heterocycles. The molecular weight excluding hydrogens is 228 g/mol. The van der Waals surface area contributed by atoms with Gasteiger partial charge < -0.3 is 9.64 Å². The first kappa shape index (κ1) is 12.4. The lowest BCUT2D eigenvalue weighted by Gasteiger charge is -2.19. The first-order valence-electron chi connectivity index (χ1n) is 6.19. The van der Waals surface area contributed by atoms with Crippen LogP contribution in [0.15, 0.2) is 24.3 Å². The molecule has 1 aromatic rings. The SMILES string of the molecule is CCOc1ccc(C(=O)N2CCCC2C#N)cc1. The van der Waals surface area contributed by atoms with Gasteiger partial charge in [-0.05, 0) is 44.0 Å². The van der Waals surface area contributed by atoms with Gasteiger partial charge in [-0.2, -0.15) is 5.26 Å². The fourth-order valence-electron chi connectivity index (χ4n) is 2.17. The highest BCUT2D eigenvalue weighted by Gasteiger charge is 2.29. The van der Waals surface area contributed by atoms with E-state index in [9.17, 15) is 4.79 Å². The minimum atomic E-state index is -0.274. The number of amides is 1. The molecule has 1 aliphatic heterocycles. The Labute approximate surface area is 107 Å². The number of benzene rings is 1. The summed E-state index contributed by atoms with van der Waals surface area (Å²) in [4.78, 5) is 13.9. The van der Waals surface area contributed by atoms with Crippen molar-refractivity contribution >= 4 is 5.91 Å². The highest BCUT2D eigenvalue weighted by molar-refractivity contribution is 5.94. The molecule has 0 aliphatic carbocycles. The molecule has 1 aliphatic rings. The minimum absolute atomic E-state index is 0.0675. The van der Waals surface area contributed by atoms with Gasteiger partial charge >= 0.3 is 0 Å². The maximum absolute atomic E-state index is 12.2. The molecule has 4 nitrogen and oxygen atoms in total. The summed E-state index contributed by atoms with van der Waals surface area (Å²) in [5.74, 6) is 0.689. The van der Waals surface area contributed by atoms with Crippen LogP contribution in [0.25, 0.3) is 0 Å². The van der Waals surface area contributed by atoms with E-state index in [2.05, 4.69) is 6.07 Å². The van der Waals surface area contributed by atoms with Gasteiger partial charge in [0.05, 0.1) is 12.7 Å². The Hall–Kier alpha value is -2.02. The number of nitrogens with zero attached hydrogens (tertiary/aromatic N) is 2. The van der Waals surface area contributed by atoms with Crippen molar-refractivity contribution in [2.24, 2.45) is 0 Å². The molecule has 1 aromatic carbocycles. The Morgan fingerprint density at radius 3 is 2.83 bits per heavy atom. The normalized spacial score (nSPS) is 18.4. The zero-order chi connectivity index (χ0) is 13.0. The molecule has 0 N–H and O–H groups in total. The van der Waals surface area contributed by atoms with Crippen LogP contribution in [-0.2, 0) is 0 Å². The molecule has 1 heterocycles. The van der Waals surface area contributed by atoms with Crippen molar-refractivity contribution in [3.05, 3.63) is 29.8 Å². The third-order valence-electron chi connectivity index (χ3n) is 3.07. The van der Waals surface area contributed by atoms with Gasteiger partial charge in [-0.1, -0.05) is 0 Å². The quantitative estimate of drug-likeness (QED) is 0.819. The van der Waals surface area contributed by atoms with E-state index in [4.69, 9.17) is 10.00 Å². The highest BCUT2D eigenvalue weighted by atomic mass is 16.5. The van der Waals surface area contributed by atoms with Gasteiger partial charge in [-0.25, -0.2) is 0 Å². The number of hydrogen-bond acceptors (Lipinski definition) is 3. The Kier molecular flexibility index (Phi) is 3.83. The molecule has 18 heavy (non-hydrogen) atoms. The van der Waals surface area contributed by atoms with Crippen LogP contribution >= 0.6 is 0 Å². The highest BCUT2D eigenvalue weighted by Crippen LogP contribution is 2.20. The average molecular weight is 244 g/mol. The van der Waals surface area contributed by atoms with E-state index < -0.39 is 0 Å². The second-order valence-electron chi connectivity index (χ2n) is 4.24. The van der Waals surface area contributed by atoms with E-state index in [0.29, 0.717) is 18.7 Å². The van der Waals surface area contributed by atoms with Gasteiger partial charge in [0, 0.05) is 12.1 Å². The predicted molar refractivity (Wildman–Crippen MR) is 67.3 cm³/mol. The van der Waals surface area contributed by atoms with E-state index in [1.54, 1.807) is 29.2 Å². The monoisotopic (exact) mass is 244 g/mol. The molecule has 0 saturated carbocycles. The summed E-state index contributed by atoms with van der Waals surface area (Å²) in [7, 11) is 0. The average Bonchev–Trinajstić information content (AvgIpc) is 2.87. The van der Waals surface area contributed by atoms with Crippen molar-refractivity contribution in [3.8, 4) is 11.8 Å². The first-order chi connectivity index (χ1) is 8.76. The Bertz CT molecular complexity index is 462. The lowest BCUT2D eigenvalue weighted by molar-refractivity contribution is 0.0765. The molecule has 1 unspecified atom stereocenters. The molecule has 4 heteroatoms. The fourth-order valence-corrected chi connectivity index (χ4v) is 2.17. The van der Waals surface area contributed by atoms with Crippen molar-refractivity contribution < 1.29 is 9.53 Å². The summed E-state index contributed by atoms with van der Waals surface area (Å²) < 4.78 is 5.33. The topological polar surface area (TPSA) is 53.3 Å². The molecular formula is C14H16N2O2. The summed E-state index contributed by atoms with van der Waals surface area (Å²) in [6.45, 7) is 3.20.